The minimum absolute atomic E-state index is 0.00680. The van der Waals surface area contributed by atoms with Gasteiger partial charge < -0.3 is 15.0 Å². The third-order valence-corrected chi connectivity index (χ3v) is 5.11. The van der Waals surface area contributed by atoms with E-state index in [4.69, 9.17) is 10.5 Å². The summed E-state index contributed by atoms with van der Waals surface area (Å²) in [4.78, 5) is 11.2. The van der Waals surface area contributed by atoms with Crippen LogP contribution in [0, 0.1) is 17.5 Å². The Morgan fingerprint density at radius 3 is 2.57 bits per heavy atom. The maximum absolute atomic E-state index is 15.3. The molecule has 0 aliphatic carbocycles. The van der Waals surface area contributed by atoms with Gasteiger partial charge in [-0.05, 0) is 38.1 Å². The van der Waals surface area contributed by atoms with Gasteiger partial charge in [-0.3, -0.25) is 4.79 Å². The predicted octanol–water partition coefficient (Wildman–Crippen LogP) is 3.80. The van der Waals surface area contributed by atoms with E-state index >= 15 is 4.39 Å². The maximum Gasteiger partial charge on any atom is 0.248 e. The molecule has 1 aliphatic rings. The summed E-state index contributed by atoms with van der Waals surface area (Å²) in [6, 6.07) is 5.07. The van der Waals surface area contributed by atoms with E-state index in [1.807, 2.05) is 0 Å². The molecule has 3 aromatic rings. The lowest BCUT2D eigenvalue weighted by Crippen LogP contribution is -2.33. The van der Waals surface area contributed by atoms with Gasteiger partial charge in [0.2, 0.25) is 11.5 Å². The fourth-order valence-electron chi connectivity index (χ4n) is 3.61. The number of nitrogens with zero attached hydrogens (tertiary/aromatic N) is 3. The van der Waals surface area contributed by atoms with E-state index in [0.717, 1.165) is 12.1 Å². The highest BCUT2D eigenvalue weighted by atomic mass is 19.1. The van der Waals surface area contributed by atoms with E-state index in [1.165, 1.54) is 23.6 Å². The largest absolute Gasteiger partial charge is 0.473 e. The lowest BCUT2D eigenvalue weighted by atomic mass is 9.95. The maximum atomic E-state index is 15.3. The van der Waals surface area contributed by atoms with Crippen LogP contribution in [0.15, 0.2) is 30.3 Å². The van der Waals surface area contributed by atoms with Crippen LogP contribution in [-0.2, 0) is 12.1 Å². The van der Waals surface area contributed by atoms with Crippen molar-refractivity contribution in [3.05, 3.63) is 64.7 Å². The van der Waals surface area contributed by atoms with Gasteiger partial charge in [0.1, 0.15) is 11.6 Å². The molecule has 2 unspecified atom stereocenters. The monoisotopic (exact) mass is 420 g/mol. The molecule has 2 heterocycles. The SMILES string of the molecule is CCn1c(-c2ccc(C(N)=O)cc2F)nnc1C1(C)Oc2c(F)cc(F)cc2C1F. The first kappa shape index (κ1) is 19.9. The molecule has 10 heteroatoms. The first-order valence-electron chi connectivity index (χ1n) is 9.02. The Morgan fingerprint density at radius 1 is 1.20 bits per heavy atom. The summed E-state index contributed by atoms with van der Waals surface area (Å²) in [6.45, 7) is 3.24. The Morgan fingerprint density at radius 2 is 1.93 bits per heavy atom. The molecule has 1 aromatic heterocycles. The molecule has 0 saturated carbocycles. The zero-order valence-electron chi connectivity index (χ0n) is 15.9. The van der Waals surface area contributed by atoms with Crippen LogP contribution >= 0.6 is 0 Å². The van der Waals surface area contributed by atoms with Gasteiger partial charge in [-0.1, -0.05) is 0 Å². The van der Waals surface area contributed by atoms with E-state index < -0.39 is 40.9 Å². The molecule has 1 aliphatic heterocycles. The van der Waals surface area contributed by atoms with Crippen molar-refractivity contribution in [3.8, 4) is 17.1 Å². The number of carbonyl (C=O) groups is 1. The van der Waals surface area contributed by atoms with Gasteiger partial charge in [-0.2, -0.15) is 0 Å². The Bertz CT molecular complexity index is 1180. The molecule has 156 valence electrons. The quantitative estimate of drug-likeness (QED) is 0.651. The molecule has 2 aromatic carbocycles. The number of halogens is 4. The van der Waals surface area contributed by atoms with Crippen LogP contribution in [0.2, 0.25) is 0 Å². The second-order valence-corrected chi connectivity index (χ2v) is 7.03. The molecular weight excluding hydrogens is 404 g/mol. The van der Waals surface area contributed by atoms with Crippen molar-refractivity contribution in [2.75, 3.05) is 0 Å². The standard InChI is InChI=1S/C20H16F4N4O2/c1-3-28-18(11-5-4-9(17(25)29)6-13(11)22)26-27-19(28)20(2)16(24)12-7-10(21)8-14(23)15(12)30-20/h4-8,16H,3H2,1-2H3,(H2,25,29). The summed E-state index contributed by atoms with van der Waals surface area (Å²) in [5.41, 5.74) is 3.04. The molecule has 0 fully saturated rings. The van der Waals surface area contributed by atoms with Crippen LogP contribution in [-0.4, -0.2) is 20.7 Å². The molecule has 2 N–H and O–H groups in total. The second-order valence-electron chi connectivity index (χ2n) is 7.03. The van der Waals surface area contributed by atoms with E-state index in [2.05, 4.69) is 10.2 Å². The number of amides is 1. The highest BCUT2D eigenvalue weighted by Crippen LogP contribution is 2.52. The molecule has 0 radical (unpaired) electrons. The highest BCUT2D eigenvalue weighted by Gasteiger charge is 2.52. The summed E-state index contributed by atoms with van der Waals surface area (Å²) in [5, 5.41) is 7.94. The van der Waals surface area contributed by atoms with Crippen molar-refractivity contribution in [2.24, 2.45) is 5.73 Å². The lowest BCUT2D eigenvalue weighted by molar-refractivity contribution is 0.0178. The summed E-state index contributed by atoms with van der Waals surface area (Å²) in [5.74, 6) is -3.91. The average molecular weight is 420 g/mol. The molecule has 0 spiro atoms. The van der Waals surface area contributed by atoms with E-state index in [9.17, 15) is 18.0 Å². The van der Waals surface area contributed by atoms with Gasteiger partial charge >= 0.3 is 0 Å². The second kappa shape index (κ2) is 6.82. The molecule has 2 atom stereocenters. The predicted molar refractivity (Wildman–Crippen MR) is 97.8 cm³/mol. The smallest absolute Gasteiger partial charge is 0.248 e. The topological polar surface area (TPSA) is 83.0 Å². The fraction of sp³-hybridized carbons (Fsp3) is 0.250. The van der Waals surface area contributed by atoms with Gasteiger partial charge in [-0.15, -0.1) is 10.2 Å². The zero-order valence-corrected chi connectivity index (χ0v) is 15.9. The number of alkyl halides is 1. The van der Waals surface area contributed by atoms with E-state index in [0.29, 0.717) is 6.07 Å². The summed E-state index contributed by atoms with van der Waals surface area (Å²) in [6.07, 6.45) is -1.94. The number of hydrogen-bond donors (Lipinski definition) is 1. The van der Waals surface area contributed by atoms with Crippen molar-refractivity contribution in [1.29, 1.82) is 0 Å². The van der Waals surface area contributed by atoms with Gasteiger partial charge in [0.15, 0.2) is 29.4 Å². The number of carbonyl (C=O) groups excluding carboxylic acids is 1. The Balaban J connectivity index is 1.82. The normalized spacial score (nSPS) is 20.1. The molecule has 6 nitrogen and oxygen atoms in total. The minimum atomic E-state index is -1.94. The third-order valence-electron chi connectivity index (χ3n) is 5.11. The van der Waals surface area contributed by atoms with Crippen molar-refractivity contribution in [3.63, 3.8) is 0 Å². The molecule has 0 bridgehead atoms. The Labute approximate surface area is 168 Å². The van der Waals surface area contributed by atoms with Crippen molar-refractivity contribution in [1.82, 2.24) is 14.8 Å². The Kier molecular flexibility index (Phi) is 4.52. The van der Waals surface area contributed by atoms with E-state index in [1.54, 1.807) is 6.92 Å². The average Bonchev–Trinajstić information content (AvgIpc) is 3.23. The number of fused-ring (bicyclic) bond motifs is 1. The number of primary amides is 1. The van der Waals surface area contributed by atoms with Gasteiger partial charge in [0, 0.05) is 23.7 Å². The van der Waals surface area contributed by atoms with Gasteiger partial charge in [0.25, 0.3) is 0 Å². The third kappa shape index (κ3) is 2.82. The first-order chi connectivity index (χ1) is 14.2. The van der Waals surface area contributed by atoms with Crippen molar-refractivity contribution in [2.45, 2.75) is 32.2 Å². The molecule has 0 saturated heterocycles. The Hall–Kier alpha value is -3.43. The first-order valence-corrected chi connectivity index (χ1v) is 9.02. The van der Waals surface area contributed by atoms with Crippen LogP contribution < -0.4 is 10.5 Å². The summed E-state index contributed by atoms with van der Waals surface area (Å²) >= 11 is 0. The number of aromatic nitrogens is 3. The number of nitrogens with two attached hydrogens (primary N) is 1. The molecule has 4 rings (SSSR count). The zero-order chi connectivity index (χ0) is 21.8. The number of rotatable bonds is 4. The van der Waals surface area contributed by atoms with Crippen LogP contribution in [0.25, 0.3) is 11.4 Å². The van der Waals surface area contributed by atoms with Crippen molar-refractivity contribution >= 4 is 5.91 Å². The number of hydrogen-bond acceptors (Lipinski definition) is 4. The summed E-state index contributed by atoms with van der Waals surface area (Å²) in [7, 11) is 0. The van der Waals surface area contributed by atoms with Crippen LogP contribution in [0.1, 0.15) is 41.8 Å². The fourth-order valence-corrected chi connectivity index (χ4v) is 3.61. The summed E-state index contributed by atoms with van der Waals surface area (Å²) < 4.78 is 64.6. The number of ether oxygens (including phenoxy) is 1. The number of benzene rings is 2. The van der Waals surface area contributed by atoms with Gasteiger partial charge in [-0.25, -0.2) is 17.6 Å². The van der Waals surface area contributed by atoms with Crippen LogP contribution in [0.4, 0.5) is 17.6 Å². The molecule has 30 heavy (non-hydrogen) atoms. The van der Waals surface area contributed by atoms with Crippen LogP contribution in [0.3, 0.4) is 0 Å². The van der Waals surface area contributed by atoms with E-state index in [-0.39, 0.29) is 34.9 Å². The van der Waals surface area contributed by atoms with Crippen molar-refractivity contribution < 1.29 is 27.1 Å². The lowest BCUT2D eigenvalue weighted by Gasteiger charge is -2.26. The van der Waals surface area contributed by atoms with Crippen LogP contribution in [0.5, 0.6) is 5.75 Å². The molecule has 1 amide bonds. The highest BCUT2D eigenvalue weighted by molar-refractivity contribution is 5.93. The minimum Gasteiger partial charge on any atom is -0.473 e. The molecular formula is C20H16F4N4O2. The van der Waals surface area contributed by atoms with Gasteiger partial charge in [0.05, 0.1) is 5.56 Å².